The van der Waals surface area contributed by atoms with Gasteiger partial charge in [0.2, 0.25) is 5.91 Å². The average molecular weight is 573 g/mol. The molecule has 1 spiro atoms. The van der Waals surface area contributed by atoms with Crippen molar-refractivity contribution in [1.29, 1.82) is 0 Å². The second-order valence-corrected chi connectivity index (χ2v) is 11.4. The molecule has 1 aromatic carbocycles. The van der Waals surface area contributed by atoms with Crippen molar-refractivity contribution in [3.63, 3.8) is 0 Å². The normalized spacial score (nSPS) is 21.6. The maximum absolute atomic E-state index is 14.3. The Bertz CT molecular complexity index is 1470. The monoisotopic (exact) mass is 572 g/mol. The Labute approximate surface area is 234 Å². The molecule has 1 aliphatic carbocycles. The van der Waals surface area contributed by atoms with Gasteiger partial charge >= 0.3 is 0 Å². The molecule has 0 unspecified atom stereocenters. The number of hydrogen-bond donors (Lipinski definition) is 1. The summed E-state index contributed by atoms with van der Waals surface area (Å²) < 4.78 is 42.7. The molecule has 0 radical (unpaired) electrons. The molecule has 2 aliphatic heterocycles. The highest BCUT2D eigenvalue weighted by Crippen LogP contribution is 2.49. The third kappa shape index (κ3) is 4.59. The summed E-state index contributed by atoms with van der Waals surface area (Å²) in [6.45, 7) is 1.42. The van der Waals surface area contributed by atoms with Crippen LogP contribution in [0.25, 0.3) is 0 Å². The van der Waals surface area contributed by atoms with Crippen molar-refractivity contribution in [3.8, 4) is 0 Å². The topological polar surface area (TPSA) is 83.4 Å². The predicted octanol–water partition coefficient (Wildman–Crippen LogP) is 4.64. The minimum Gasteiger partial charge on any atom is -0.352 e. The van der Waals surface area contributed by atoms with Gasteiger partial charge in [-0.2, -0.15) is 5.10 Å². The van der Waals surface area contributed by atoms with E-state index >= 15 is 0 Å². The fourth-order valence-electron chi connectivity index (χ4n) is 6.26. The molecule has 12 heteroatoms. The van der Waals surface area contributed by atoms with Crippen LogP contribution in [0.1, 0.15) is 53.7 Å². The second-order valence-electron chi connectivity index (χ2n) is 10.9. The number of benzene rings is 1. The van der Waals surface area contributed by atoms with Gasteiger partial charge in [0.25, 0.3) is 12.3 Å². The molecule has 40 heavy (non-hydrogen) atoms. The molecule has 6 rings (SSSR count). The number of aryl methyl sites for hydroxylation is 1. The van der Waals surface area contributed by atoms with Crippen LogP contribution in [-0.2, 0) is 17.3 Å². The number of rotatable bonds is 6. The Morgan fingerprint density at radius 1 is 1.18 bits per heavy atom. The summed E-state index contributed by atoms with van der Waals surface area (Å²) in [7, 11) is 1.84. The van der Waals surface area contributed by atoms with Crippen molar-refractivity contribution >= 4 is 34.9 Å². The molecule has 8 nitrogen and oxygen atoms in total. The Balaban J connectivity index is 1.11. The molecular formula is C28H28ClF3N6O2. The number of alkyl halides is 2. The van der Waals surface area contributed by atoms with Gasteiger partial charge in [-0.25, -0.2) is 13.2 Å². The number of halogens is 4. The van der Waals surface area contributed by atoms with Gasteiger partial charge in [0.15, 0.2) is 5.82 Å². The summed E-state index contributed by atoms with van der Waals surface area (Å²) in [5, 5.41) is 7.39. The van der Waals surface area contributed by atoms with Crippen LogP contribution in [0.2, 0.25) is 5.02 Å². The van der Waals surface area contributed by atoms with Gasteiger partial charge in [-0.3, -0.25) is 19.3 Å². The Kier molecular flexibility index (Phi) is 6.72. The van der Waals surface area contributed by atoms with Crippen molar-refractivity contribution in [1.82, 2.24) is 20.1 Å². The lowest BCUT2D eigenvalue weighted by atomic mass is 9.74. The first kappa shape index (κ1) is 26.6. The first-order valence-corrected chi connectivity index (χ1v) is 13.6. The van der Waals surface area contributed by atoms with Crippen LogP contribution in [0.3, 0.4) is 0 Å². The zero-order chi connectivity index (χ0) is 28.2. The number of pyridine rings is 1. The van der Waals surface area contributed by atoms with E-state index < -0.39 is 23.4 Å². The lowest BCUT2D eigenvalue weighted by Gasteiger charge is -2.47. The van der Waals surface area contributed by atoms with E-state index in [0.717, 1.165) is 30.4 Å². The minimum atomic E-state index is -2.89. The molecule has 1 N–H and O–H groups in total. The Hall–Kier alpha value is -3.60. The van der Waals surface area contributed by atoms with E-state index in [1.54, 1.807) is 15.6 Å². The summed E-state index contributed by atoms with van der Waals surface area (Å²) in [5.74, 6) is -0.0852. The van der Waals surface area contributed by atoms with Crippen molar-refractivity contribution in [2.24, 2.45) is 13.0 Å². The average Bonchev–Trinajstić information content (AvgIpc) is 3.42. The van der Waals surface area contributed by atoms with E-state index in [-0.39, 0.29) is 34.3 Å². The molecule has 3 aromatic rings. The number of amides is 2. The number of anilines is 2. The minimum absolute atomic E-state index is 0.0244. The molecule has 2 aromatic heterocycles. The number of aromatic nitrogens is 3. The fraction of sp³-hybridized carbons (Fsp3) is 0.429. The zero-order valence-corrected chi connectivity index (χ0v) is 22.5. The van der Waals surface area contributed by atoms with Crippen LogP contribution in [0.4, 0.5) is 24.7 Å². The standard InChI is InChI=1S/C28H28ClF3N6O2/c1-36-9-8-23(35-36)37-14-28(15-37)21-7-4-18(30)11-22(21)38(27(28)40)13-16-2-5-19(6-3-16)34-26(39)20-10-17(29)12-33-24(20)25(31)32/h4,7-12,16,19,25H,2-3,5-6,13-15H2,1H3,(H,34,39). The van der Waals surface area contributed by atoms with Crippen LogP contribution in [0.5, 0.6) is 0 Å². The number of carbonyl (C=O) groups is 2. The van der Waals surface area contributed by atoms with Gasteiger partial charge in [0, 0.05) is 51.2 Å². The van der Waals surface area contributed by atoms with E-state index in [1.807, 2.05) is 19.3 Å². The summed E-state index contributed by atoms with van der Waals surface area (Å²) in [5.41, 5.74) is -0.0813. The molecule has 0 atom stereocenters. The van der Waals surface area contributed by atoms with E-state index in [1.165, 1.54) is 18.2 Å². The molecule has 2 fully saturated rings. The van der Waals surface area contributed by atoms with Gasteiger partial charge in [-0.15, -0.1) is 0 Å². The van der Waals surface area contributed by atoms with Crippen LogP contribution in [-0.4, -0.2) is 52.3 Å². The molecule has 1 saturated carbocycles. The van der Waals surface area contributed by atoms with Crippen molar-refractivity contribution in [2.45, 2.75) is 43.6 Å². The third-order valence-electron chi connectivity index (χ3n) is 8.32. The molecular weight excluding hydrogens is 545 g/mol. The van der Waals surface area contributed by atoms with E-state index in [2.05, 4.69) is 20.3 Å². The number of carbonyl (C=O) groups excluding carboxylic acids is 2. The van der Waals surface area contributed by atoms with E-state index in [0.29, 0.717) is 38.2 Å². The summed E-state index contributed by atoms with van der Waals surface area (Å²) in [6.07, 6.45) is 2.77. The van der Waals surface area contributed by atoms with Crippen molar-refractivity contribution < 1.29 is 22.8 Å². The van der Waals surface area contributed by atoms with Crippen molar-refractivity contribution in [2.75, 3.05) is 29.4 Å². The van der Waals surface area contributed by atoms with Gasteiger partial charge in [-0.1, -0.05) is 17.7 Å². The number of hydrogen-bond acceptors (Lipinski definition) is 5. The summed E-state index contributed by atoms with van der Waals surface area (Å²) >= 11 is 5.89. The Morgan fingerprint density at radius 3 is 2.60 bits per heavy atom. The molecule has 3 aliphatic rings. The fourth-order valence-corrected chi connectivity index (χ4v) is 6.42. The van der Waals surface area contributed by atoms with Crippen LogP contribution in [0.15, 0.2) is 42.7 Å². The van der Waals surface area contributed by atoms with Crippen LogP contribution in [0, 0.1) is 11.7 Å². The molecule has 1 saturated heterocycles. The first-order chi connectivity index (χ1) is 19.1. The van der Waals surface area contributed by atoms with Gasteiger partial charge in [-0.05, 0) is 55.4 Å². The van der Waals surface area contributed by atoms with Gasteiger partial charge < -0.3 is 15.1 Å². The first-order valence-electron chi connectivity index (χ1n) is 13.3. The Morgan fingerprint density at radius 2 is 1.93 bits per heavy atom. The number of fused-ring (bicyclic) bond motifs is 2. The third-order valence-corrected chi connectivity index (χ3v) is 8.53. The molecule has 0 bridgehead atoms. The number of nitrogens with one attached hydrogen (secondary N) is 1. The largest absolute Gasteiger partial charge is 0.352 e. The molecule has 210 valence electrons. The summed E-state index contributed by atoms with van der Waals surface area (Å²) in [4.78, 5) is 34.0. The lowest BCUT2D eigenvalue weighted by Crippen LogP contribution is -2.64. The maximum Gasteiger partial charge on any atom is 0.281 e. The SMILES string of the molecule is Cn1ccc(N2CC3(C2)C(=O)N(CC2CCC(NC(=O)c4cc(Cl)cnc4C(F)F)CC2)c2cc(F)ccc23)n1. The maximum atomic E-state index is 14.3. The predicted molar refractivity (Wildman–Crippen MR) is 143 cm³/mol. The lowest BCUT2D eigenvalue weighted by molar-refractivity contribution is -0.124. The smallest absolute Gasteiger partial charge is 0.281 e. The van der Waals surface area contributed by atoms with Crippen molar-refractivity contribution in [3.05, 3.63) is 70.4 Å². The highest BCUT2D eigenvalue weighted by Gasteiger charge is 2.58. The van der Waals surface area contributed by atoms with Crippen LogP contribution < -0.4 is 15.1 Å². The quantitative estimate of drug-likeness (QED) is 0.465. The number of nitrogens with zero attached hydrogens (tertiary/aromatic N) is 5. The highest BCUT2D eigenvalue weighted by molar-refractivity contribution is 6.30. The van der Waals surface area contributed by atoms with Crippen LogP contribution >= 0.6 is 11.6 Å². The van der Waals surface area contributed by atoms with Gasteiger partial charge in [0.05, 0.1) is 16.3 Å². The second kappa shape index (κ2) is 10.1. The van der Waals surface area contributed by atoms with E-state index in [9.17, 15) is 22.8 Å². The van der Waals surface area contributed by atoms with Gasteiger partial charge in [0.1, 0.15) is 16.9 Å². The summed E-state index contributed by atoms with van der Waals surface area (Å²) in [6, 6.07) is 7.49. The molecule has 4 heterocycles. The zero-order valence-electron chi connectivity index (χ0n) is 21.8. The molecule has 2 amide bonds. The highest BCUT2D eigenvalue weighted by atomic mass is 35.5. The van der Waals surface area contributed by atoms with E-state index in [4.69, 9.17) is 11.6 Å².